The third-order valence-electron chi connectivity index (χ3n) is 5.73. The number of aldehydes is 1. The van der Waals surface area contributed by atoms with Crippen molar-refractivity contribution in [3.8, 4) is 0 Å². The van der Waals surface area contributed by atoms with Gasteiger partial charge in [-0.3, -0.25) is 18.7 Å². The van der Waals surface area contributed by atoms with Crippen LogP contribution in [0.5, 0.6) is 0 Å². The van der Waals surface area contributed by atoms with Crippen molar-refractivity contribution in [2.24, 2.45) is 11.8 Å². The van der Waals surface area contributed by atoms with E-state index in [0.29, 0.717) is 33.4 Å². The molecule has 2 aromatic heterocycles. The number of halogens is 2. The summed E-state index contributed by atoms with van der Waals surface area (Å²) in [5, 5.41) is 0.376. The molecule has 0 bridgehead atoms. The zero-order chi connectivity index (χ0) is 18.8. The molecule has 140 valence electrons. The lowest BCUT2D eigenvalue weighted by Crippen LogP contribution is -2.40. The van der Waals surface area contributed by atoms with Gasteiger partial charge < -0.3 is 0 Å². The minimum absolute atomic E-state index is 0.144. The highest BCUT2D eigenvalue weighted by Crippen LogP contribution is 2.42. The first-order valence-corrected chi connectivity index (χ1v) is 9.66. The minimum Gasteiger partial charge on any atom is -0.297 e. The van der Waals surface area contributed by atoms with Gasteiger partial charge in [0.15, 0.2) is 6.29 Å². The highest BCUT2D eigenvalue weighted by Gasteiger charge is 2.41. The molecule has 2 aromatic rings. The topological polar surface area (TPSA) is 61.1 Å². The Kier molecular flexibility index (Phi) is 3.95. The summed E-state index contributed by atoms with van der Waals surface area (Å²) in [6.07, 6.45) is 1.38. The van der Waals surface area contributed by atoms with Gasteiger partial charge in [-0.2, -0.15) is 0 Å². The number of rotatable bonds is 4. The lowest BCUT2D eigenvalue weighted by Gasteiger charge is -2.16. The summed E-state index contributed by atoms with van der Waals surface area (Å²) in [6, 6.07) is -0.144. The van der Waals surface area contributed by atoms with Crippen LogP contribution in [0.15, 0.2) is 9.59 Å². The Hall–Kier alpha value is -1.83. The van der Waals surface area contributed by atoms with E-state index < -0.39 is 11.6 Å². The Labute approximate surface area is 152 Å². The van der Waals surface area contributed by atoms with Crippen LogP contribution < -0.4 is 11.2 Å². The third-order valence-corrected chi connectivity index (χ3v) is 6.97. The second kappa shape index (κ2) is 5.84. The number of fused-ring (bicyclic) bond motifs is 1. The normalized spacial score (nSPS) is 27.2. The van der Waals surface area contributed by atoms with Crippen LogP contribution in [0, 0.1) is 18.8 Å². The van der Waals surface area contributed by atoms with Crippen LogP contribution in [0.3, 0.4) is 0 Å². The number of thiophene rings is 1. The molecule has 8 heteroatoms. The molecule has 0 aliphatic heterocycles. The number of hydrogen-bond acceptors (Lipinski definition) is 4. The second-order valence-corrected chi connectivity index (χ2v) is 8.73. The maximum atomic E-state index is 13.6. The van der Waals surface area contributed by atoms with Crippen LogP contribution in [0.4, 0.5) is 8.78 Å². The molecule has 0 N–H and O–H groups in total. The third kappa shape index (κ3) is 2.66. The number of hydrogen-bond donors (Lipinski definition) is 0. The molecular formula is C18H20F2N2O3S. The molecule has 3 atom stereocenters. The van der Waals surface area contributed by atoms with E-state index in [4.69, 9.17) is 0 Å². The molecule has 4 rings (SSSR count). The maximum absolute atomic E-state index is 13.6. The van der Waals surface area contributed by atoms with Crippen molar-refractivity contribution in [2.75, 3.05) is 0 Å². The molecule has 2 heterocycles. The fraction of sp³-hybridized carbons (Fsp3) is 0.611. The molecule has 0 spiro atoms. The van der Waals surface area contributed by atoms with Crippen molar-refractivity contribution in [3.05, 3.63) is 31.3 Å². The molecule has 26 heavy (non-hydrogen) atoms. The van der Waals surface area contributed by atoms with E-state index >= 15 is 0 Å². The van der Waals surface area contributed by atoms with Crippen LogP contribution in [0.25, 0.3) is 10.2 Å². The van der Waals surface area contributed by atoms with Crippen LogP contribution >= 0.6 is 11.3 Å². The molecule has 0 saturated heterocycles. The number of carbonyl (C=O) groups is 1. The minimum atomic E-state index is -2.69. The van der Waals surface area contributed by atoms with Crippen LogP contribution in [0.1, 0.15) is 53.9 Å². The Bertz CT molecular complexity index is 1020. The molecule has 0 aromatic carbocycles. The van der Waals surface area contributed by atoms with E-state index in [9.17, 15) is 23.2 Å². The molecule has 0 amide bonds. The number of nitrogens with zero attached hydrogens (tertiary/aromatic N) is 2. The Morgan fingerprint density at radius 2 is 2.04 bits per heavy atom. The zero-order valence-corrected chi connectivity index (χ0v) is 15.4. The quantitative estimate of drug-likeness (QED) is 0.762. The summed E-state index contributed by atoms with van der Waals surface area (Å²) in [5.41, 5.74) is -0.238. The lowest BCUT2D eigenvalue weighted by molar-refractivity contribution is 0.00434. The van der Waals surface area contributed by atoms with Gasteiger partial charge in [0.1, 0.15) is 4.83 Å². The molecule has 2 aliphatic carbocycles. The van der Waals surface area contributed by atoms with E-state index in [1.807, 2.05) is 6.92 Å². The zero-order valence-electron chi connectivity index (χ0n) is 14.6. The van der Waals surface area contributed by atoms with Crippen LogP contribution in [0.2, 0.25) is 0 Å². The summed E-state index contributed by atoms with van der Waals surface area (Å²) >= 11 is 1.10. The Morgan fingerprint density at radius 1 is 1.35 bits per heavy atom. The first-order chi connectivity index (χ1) is 12.2. The maximum Gasteiger partial charge on any atom is 0.332 e. The van der Waals surface area contributed by atoms with Gasteiger partial charge in [-0.25, -0.2) is 13.6 Å². The smallest absolute Gasteiger partial charge is 0.297 e. The fourth-order valence-corrected chi connectivity index (χ4v) is 5.18. The number of carbonyl (C=O) groups excluding carboxylic acids is 1. The lowest BCUT2D eigenvalue weighted by atomic mass is 10.1. The standard InChI is InChI=1S/C18H20F2N2O3S/c1-9-5-12(9)22-15(24)14-10(2)13(8-23)26-16(14)21(17(22)25)7-11-3-4-18(19,20)6-11/h8-9,11-12H,3-7H2,1-2H3/t9-,11?,12-/m0/s1. The summed E-state index contributed by atoms with van der Waals surface area (Å²) < 4.78 is 29.9. The summed E-state index contributed by atoms with van der Waals surface area (Å²) in [7, 11) is 0. The monoisotopic (exact) mass is 382 g/mol. The fourth-order valence-electron chi connectivity index (χ4n) is 4.07. The van der Waals surface area contributed by atoms with Crippen molar-refractivity contribution in [1.82, 2.24) is 9.13 Å². The summed E-state index contributed by atoms with van der Waals surface area (Å²) in [5.74, 6) is -2.76. The first kappa shape index (κ1) is 17.6. The van der Waals surface area contributed by atoms with Gasteiger partial charge in [-0.05, 0) is 37.2 Å². The largest absolute Gasteiger partial charge is 0.332 e. The molecule has 0 radical (unpaired) electrons. The van der Waals surface area contributed by atoms with Gasteiger partial charge in [0.05, 0.1) is 10.3 Å². The number of aromatic nitrogens is 2. The molecule has 1 unspecified atom stereocenters. The molecule has 5 nitrogen and oxygen atoms in total. The van der Waals surface area contributed by atoms with Crippen molar-refractivity contribution in [2.45, 2.75) is 58.0 Å². The molecular weight excluding hydrogens is 362 g/mol. The molecule has 2 fully saturated rings. The van der Waals surface area contributed by atoms with Gasteiger partial charge >= 0.3 is 5.69 Å². The summed E-state index contributed by atoms with van der Waals surface area (Å²) in [6.45, 7) is 3.83. The van der Waals surface area contributed by atoms with Gasteiger partial charge in [-0.1, -0.05) is 6.92 Å². The van der Waals surface area contributed by atoms with Crippen molar-refractivity contribution in [3.63, 3.8) is 0 Å². The number of alkyl halides is 2. The van der Waals surface area contributed by atoms with E-state index in [2.05, 4.69) is 0 Å². The average Bonchev–Trinajstić information content (AvgIpc) is 3.02. The van der Waals surface area contributed by atoms with Gasteiger partial charge in [0, 0.05) is 25.4 Å². The highest BCUT2D eigenvalue weighted by atomic mass is 32.1. The van der Waals surface area contributed by atoms with E-state index in [1.165, 1.54) is 9.13 Å². The van der Waals surface area contributed by atoms with Crippen LogP contribution in [-0.2, 0) is 6.54 Å². The first-order valence-electron chi connectivity index (χ1n) is 8.85. The van der Waals surface area contributed by atoms with Gasteiger partial charge in [0.2, 0.25) is 5.92 Å². The Balaban J connectivity index is 1.91. The van der Waals surface area contributed by atoms with Gasteiger partial charge in [-0.15, -0.1) is 11.3 Å². The SMILES string of the molecule is Cc1c(C=O)sc2c1c(=O)n([C@H]1C[C@@H]1C)c(=O)n2CC1CCC(F)(F)C1. The Morgan fingerprint density at radius 3 is 2.58 bits per heavy atom. The van der Waals surface area contributed by atoms with E-state index in [1.54, 1.807) is 6.92 Å². The summed E-state index contributed by atoms with van der Waals surface area (Å²) in [4.78, 5) is 38.2. The van der Waals surface area contributed by atoms with E-state index in [-0.39, 0.29) is 42.8 Å². The van der Waals surface area contributed by atoms with Crippen molar-refractivity contribution in [1.29, 1.82) is 0 Å². The predicted molar refractivity (Wildman–Crippen MR) is 95.6 cm³/mol. The second-order valence-electron chi connectivity index (χ2n) is 7.70. The molecule has 2 saturated carbocycles. The van der Waals surface area contributed by atoms with Crippen LogP contribution in [-0.4, -0.2) is 21.3 Å². The van der Waals surface area contributed by atoms with Crippen molar-refractivity contribution >= 4 is 27.8 Å². The van der Waals surface area contributed by atoms with E-state index in [0.717, 1.165) is 17.8 Å². The predicted octanol–water partition coefficient (Wildman–Crippen LogP) is 3.36. The highest BCUT2D eigenvalue weighted by molar-refractivity contribution is 7.20. The molecule has 2 aliphatic rings. The average molecular weight is 382 g/mol. The van der Waals surface area contributed by atoms with Crippen molar-refractivity contribution < 1.29 is 13.6 Å². The number of aryl methyl sites for hydroxylation is 1. The van der Waals surface area contributed by atoms with Gasteiger partial charge in [0.25, 0.3) is 5.56 Å².